The Balaban J connectivity index is 1.96. The summed E-state index contributed by atoms with van der Waals surface area (Å²) in [5.74, 6) is 0.824. The maximum absolute atomic E-state index is 13.1. The van der Waals surface area contributed by atoms with Crippen LogP contribution in [0.5, 0.6) is 0 Å². The van der Waals surface area contributed by atoms with Gasteiger partial charge in [0, 0.05) is 32.4 Å². The zero-order valence-corrected chi connectivity index (χ0v) is 16.6. The predicted molar refractivity (Wildman–Crippen MR) is 106 cm³/mol. The molecule has 0 N–H and O–H groups in total. The quantitative estimate of drug-likeness (QED) is 0.782. The standard InChI is InChI=1S/C21H30N4O2/c1-4-11-23(12-5-2)20(26)18-17-8-6-7-13-25(17)19(22-18)21(27)24-14-9-16(3)10-15-24/h6-8,13,16H,4-5,9-12,14-15H2,1-3H3. The molecule has 0 atom stereocenters. The van der Waals surface area contributed by atoms with Gasteiger partial charge in [-0.15, -0.1) is 0 Å². The van der Waals surface area contributed by atoms with E-state index < -0.39 is 0 Å². The Labute approximate surface area is 161 Å². The highest BCUT2D eigenvalue weighted by molar-refractivity contribution is 6.02. The first-order valence-corrected chi connectivity index (χ1v) is 10.1. The smallest absolute Gasteiger partial charge is 0.290 e. The van der Waals surface area contributed by atoms with E-state index in [1.54, 1.807) is 4.40 Å². The van der Waals surface area contributed by atoms with Crippen LogP contribution >= 0.6 is 0 Å². The highest BCUT2D eigenvalue weighted by Crippen LogP contribution is 2.21. The Morgan fingerprint density at radius 2 is 1.81 bits per heavy atom. The second-order valence-corrected chi connectivity index (χ2v) is 7.51. The molecule has 0 aliphatic carbocycles. The van der Waals surface area contributed by atoms with Gasteiger partial charge in [-0.25, -0.2) is 4.98 Å². The zero-order valence-electron chi connectivity index (χ0n) is 16.6. The number of likely N-dealkylation sites (tertiary alicyclic amines) is 1. The van der Waals surface area contributed by atoms with Crippen molar-refractivity contribution in [3.05, 3.63) is 35.9 Å². The average molecular weight is 370 g/mol. The minimum absolute atomic E-state index is 0.0836. The molecule has 3 rings (SSSR count). The van der Waals surface area contributed by atoms with Crippen molar-refractivity contribution >= 4 is 17.3 Å². The molecular weight excluding hydrogens is 340 g/mol. The van der Waals surface area contributed by atoms with Crippen LogP contribution in [0, 0.1) is 5.92 Å². The lowest BCUT2D eigenvalue weighted by Gasteiger charge is -2.29. The summed E-state index contributed by atoms with van der Waals surface area (Å²) in [6.45, 7) is 9.25. The van der Waals surface area contributed by atoms with E-state index in [4.69, 9.17) is 0 Å². The van der Waals surface area contributed by atoms with Gasteiger partial charge in [0.15, 0.2) is 5.69 Å². The third-order valence-corrected chi connectivity index (χ3v) is 5.29. The minimum atomic E-state index is -0.0892. The number of amides is 2. The normalized spacial score (nSPS) is 15.3. The van der Waals surface area contributed by atoms with Gasteiger partial charge in [-0.1, -0.05) is 26.8 Å². The maximum Gasteiger partial charge on any atom is 0.290 e. The summed E-state index contributed by atoms with van der Waals surface area (Å²) in [4.78, 5) is 34.5. The molecule has 0 spiro atoms. The Morgan fingerprint density at radius 3 is 2.44 bits per heavy atom. The van der Waals surface area contributed by atoms with Crippen molar-refractivity contribution in [2.75, 3.05) is 26.2 Å². The lowest BCUT2D eigenvalue weighted by atomic mass is 9.99. The summed E-state index contributed by atoms with van der Waals surface area (Å²) in [7, 11) is 0. The number of piperidine rings is 1. The molecule has 1 aliphatic rings. The summed E-state index contributed by atoms with van der Waals surface area (Å²) in [6, 6.07) is 5.62. The van der Waals surface area contributed by atoms with Crippen molar-refractivity contribution in [3.63, 3.8) is 0 Å². The number of rotatable bonds is 6. The van der Waals surface area contributed by atoms with E-state index in [0.717, 1.165) is 38.8 Å². The molecule has 1 fully saturated rings. The van der Waals surface area contributed by atoms with Gasteiger partial charge < -0.3 is 9.80 Å². The van der Waals surface area contributed by atoms with Gasteiger partial charge in [-0.05, 0) is 43.7 Å². The van der Waals surface area contributed by atoms with Crippen molar-refractivity contribution in [1.29, 1.82) is 0 Å². The van der Waals surface area contributed by atoms with Gasteiger partial charge in [-0.3, -0.25) is 14.0 Å². The van der Waals surface area contributed by atoms with E-state index in [2.05, 4.69) is 25.8 Å². The second kappa shape index (κ2) is 8.55. The van der Waals surface area contributed by atoms with Gasteiger partial charge in [0.05, 0.1) is 5.52 Å². The Hall–Kier alpha value is -2.37. The van der Waals surface area contributed by atoms with Crippen molar-refractivity contribution in [2.24, 2.45) is 5.92 Å². The van der Waals surface area contributed by atoms with Gasteiger partial charge in [0.25, 0.3) is 11.8 Å². The number of carbonyl (C=O) groups is 2. The van der Waals surface area contributed by atoms with Gasteiger partial charge in [-0.2, -0.15) is 0 Å². The topological polar surface area (TPSA) is 57.9 Å². The van der Waals surface area contributed by atoms with Crippen molar-refractivity contribution in [2.45, 2.75) is 46.5 Å². The molecule has 27 heavy (non-hydrogen) atoms. The molecule has 2 aromatic rings. The number of aromatic nitrogens is 2. The number of hydrogen-bond acceptors (Lipinski definition) is 3. The molecule has 3 heterocycles. The molecule has 2 aromatic heterocycles. The van der Waals surface area contributed by atoms with E-state index in [0.29, 0.717) is 36.0 Å². The number of pyridine rings is 1. The number of hydrogen-bond donors (Lipinski definition) is 0. The Morgan fingerprint density at radius 1 is 1.15 bits per heavy atom. The number of nitrogens with zero attached hydrogens (tertiary/aromatic N) is 4. The summed E-state index contributed by atoms with van der Waals surface area (Å²) in [5, 5.41) is 0. The van der Waals surface area contributed by atoms with E-state index in [1.807, 2.05) is 34.2 Å². The average Bonchev–Trinajstić information content (AvgIpc) is 3.07. The minimum Gasteiger partial charge on any atom is -0.337 e. The molecule has 0 radical (unpaired) electrons. The highest BCUT2D eigenvalue weighted by Gasteiger charge is 2.28. The maximum atomic E-state index is 13.1. The van der Waals surface area contributed by atoms with Gasteiger partial charge >= 0.3 is 0 Å². The molecule has 1 aliphatic heterocycles. The summed E-state index contributed by atoms with van der Waals surface area (Å²) < 4.78 is 1.77. The molecule has 1 saturated heterocycles. The molecule has 146 valence electrons. The lowest BCUT2D eigenvalue weighted by Crippen LogP contribution is -2.38. The molecule has 0 aromatic carbocycles. The second-order valence-electron chi connectivity index (χ2n) is 7.51. The molecule has 0 bridgehead atoms. The van der Waals surface area contributed by atoms with E-state index in [1.165, 1.54) is 0 Å². The van der Waals surface area contributed by atoms with Crippen LogP contribution in [0.4, 0.5) is 0 Å². The van der Waals surface area contributed by atoms with Gasteiger partial charge in [0.2, 0.25) is 5.82 Å². The van der Waals surface area contributed by atoms with E-state index in [-0.39, 0.29) is 11.8 Å². The fourth-order valence-electron chi connectivity index (χ4n) is 3.70. The van der Waals surface area contributed by atoms with Crippen molar-refractivity contribution in [3.8, 4) is 0 Å². The number of imidazole rings is 1. The summed E-state index contributed by atoms with van der Waals surface area (Å²) in [6.07, 6.45) is 5.65. The fraction of sp³-hybridized carbons (Fsp3) is 0.571. The first-order chi connectivity index (χ1) is 13.1. The van der Waals surface area contributed by atoms with Crippen LogP contribution in [-0.4, -0.2) is 57.2 Å². The monoisotopic (exact) mass is 370 g/mol. The molecule has 6 nitrogen and oxygen atoms in total. The van der Waals surface area contributed by atoms with Crippen LogP contribution in [0.25, 0.3) is 5.52 Å². The number of fused-ring (bicyclic) bond motifs is 1. The summed E-state index contributed by atoms with van der Waals surface area (Å²) >= 11 is 0. The summed E-state index contributed by atoms with van der Waals surface area (Å²) in [5.41, 5.74) is 1.08. The largest absolute Gasteiger partial charge is 0.337 e. The van der Waals surface area contributed by atoms with Crippen molar-refractivity contribution in [1.82, 2.24) is 19.2 Å². The molecule has 0 unspecified atom stereocenters. The molecule has 2 amide bonds. The van der Waals surface area contributed by atoms with Crippen LogP contribution < -0.4 is 0 Å². The van der Waals surface area contributed by atoms with Crippen LogP contribution in [-0.2, 0) is 0 Å². The predicted octanol–water partition coefficient (Wildman–Crippen LogP) is 3.47. The van der Waals surface area contributed by atoms with Crippen LogP contribution in [0.2, 0.25) is 0 Å². The first kappa shape index (κ1) is 19.4. The van der Waals surface area contributed by atoms with Gasteiger partial charge in [0.1, 0.15) is 0 Å². The SMILES string of the molecule is CCCN(CCC)C(=O)c1nc(C(=O)N2CCC(C)CC2)n2ccccc12. The van der Waals surface area contributed by atoms with Crippen molar-refractivity contribution < 1.29 is 9.59 Å². The van der Waals surface area contributed by atoms with Crippen LogP contribution in [0.1, 0.15) is 67.6 Å². The Bertz CT molecular complexity index is 800. The molecular formula is C21H30N4O2. The van der Waals surface area contributed by atoms with Crippen LogP contribution in [0.15, 0.2) is 24.4 Å². The highest BCUT2D eigenvalue weighted by atomic mass is 16.2. The Kier molecular flexibility index (Phi) is 6.14. The van der Waals surface area contributed by atoms with E-state index in [9.17, 15) is 9.59 Å². The fourth-order valence-corrected chi connectivity index (χ4v) is 3.70. The zero-order chi connectivity index (χ0) is 19.4. The lowest BCUT2D eigenvalue weighted by molar-refractivity contribution is 0.0684. The molecule has 6 heteroatoms. The molecule has 0 saturated carbocycles. The third-order valence-electron chi connectivity index (χ3n) is 5.29. The third kappa shape index (κ3) is 3.99. The first-order valence-electron chi connectivity index (χ1n) is 10.1. The number of carbonyl (C=O) groups excluding carboxylic acids is 2. The van der Waals surface area contributed by atoms with E-state index >= 15 is 0 Å². The van der Waals surface area contributed by atoms with Crippen LogP contribution in [0.3, 0.4) is 0 Å².